The molecule has 0 aromatic rings. The molecule has 0 aromatic heterocycles. The number of hydrogen-bond donors (Lipinski definition) is 2. The van der Waals surface area contributed by atoms with Gasteiger partial charge in [-0.25, -0.2) is 0 Å². The van der Waals surface area contributed by atoms with Gasteiger partial charge in [0.15, 0.2) is 0 Å². The Morgan fingerprint density at radius 3 is 2.00 bits per heavy atom. The molecule has 1 heterocycles. The van der Waals surface area contributed by atoms with Crippen LogP contribution in [0.2, 0.25) is 0 Å². The van der Waals surface area contributed by atoms with Gasteiger partial charge >= 0.3 is 0 Å². The molecule has 0 amide bonds. The second-order valence-corrected chi connectivity index (χ2v) is 8.87. The fourth-order valence-corrected chi connectivity index (χ4v) is 5.50. The number of likely N-dealkylation sites (tertiary alicyclic amines) is 1. The van der Waals surface area contributed by atoms with Crippen molar-refractivity contribution in [2.75, 3.05) is 19.6 Å². The van der Waals surface area contributed by atoms with E-state index in [0.717, 1.165) is 70.5 Å². The topological polar surface area (TPSA) is 96.3 Å². The average molecular weight is 370 g/mol. The highest BCUT2D eigenvalue weighted by atomic mass is 16.8. The SMILES string of the molecule is [O-]N(O)C1CCC(CC2CCN(CC3CCCCC3N([O-])O)CC2)CC1. The van der Waals surface area contributed by atoms with E-state index in [4.69, 9.17) is 5.21 Å². The molecular weight excluding hydrogens is 334 g/mol. The predicted molar refractivity (Wildman–Crippen MR) is 99.3 cm³/mol. The van der Waals surface area contributed by atoms with E-state index in [1.165, 1.54) is 25.7 Å². The summed E-state index contributed by atoms with van der Waals surface area (Å²) < 4.78 is 0. The number of hydrogen-bond acceptors (Lipinski definition) is 7. The molecule has 0 radical (unpaired) electrons. The van der Waals surface area contributed by atoms with Gasteiger partial charge in [-0.1, -0.05) is 12.8 Å². The van der Waals surface area contributed by atoms with E-state index in [-0.39, 0.29) is 22.5 Å². The maximum absolute atomic E-state index is 11.4. The summed E-state index contributed by atoms with van der Waals surface area (Å²) in [5.41, 5.74) is 0. The molecule has 3 rings (SSSR count). The van der Waals surface area contributed by atoms with Crippen molar-refractivity contribution in [1.29, 1.82) is 0 Å². The van der Waals surface area contributed by atoms with E-state index >= 15 is 0 Å². The van der Waals surface area contributed by atoms with Crippen LogP contribution in [0.5, 0.6) is 0 Å². The molecule has 0 spiro atoms. The molecule has 26 heavy (non-hydrogen) atoms. The Morgan fingerprint density at radius 1 is 0.769 bits per heavy atom. The average Bonchev–Trinajstić information content (AvgIpc) is 2.64. The summed E-state index contributed by atoms with van der Waals surface area (Å²) in [4.78, 5) is 2.49. The Balaban J connectivity index is 1.36. The summed E-state index contributed by atoms with van der Waals surface area (Å²) in [6.07, 6.45) is 11.5. The van der Waals surface area contributed by atoms with Gasteiger partial charge in [-0.15, -0.1) is 0 Å². The smallest absolute Gasteiger partial charge is 0.0257 e. The van der Waals surface area contributed by atoms with Gasteiger partial charge in [-0.05, 0) is 88.6 Å². The van der Waals surface area contributed by atoms with E-state index in [2.05, 4.69) is 4.90 Å². The zero-order valence-electron chi connectivity index (χ0n) is 15.8. The van der Waals surface area contributed by atoms with Crippen LogP contribution < -0.4 is 0 Å². The molecule has 2 aliphatic carbocycles. The van der Waals surface area contributed by atoms with Crippen LogP contribution in [-0.2, 0) is 0 Å². The van der Waals surface area contributed by atoms with Crippen molar-refractivity contribution >= 4 is 0 Å². The third kappa shape index (κ3) is 5.61. The van der Waals surface area contributed by atoms with Gasteiger partial charge in [-0.2, -0.15) is 0 Å². The van der Waals surface area contributed by atoms with E-state index < -0.39 is 0 Å². The van der Waals surface area contributed by atoms with Crippen molar-refractivity contribution in [2.24, 2.45) is 17.8 Å². The van der Waals surface area contributed by atoms with Crippen LogP contribution in [-0.4, -0.2) is 57.5 Å². The van der Waals surface area contributed by atoms with Gasteiger partial charge in [0, 0.05) is 18.6 Å². The molecule has 2 atom stereocenters. The molecule has 3 fully saturated rings. The van der Waals surface area contributed by atoms with Crippen LogP contribution in [0.15, 0.2) is 0 Å². The molecule has 7 nitrogen and oxygen atoms in total. The van der Waals surface area contributed by atoms with Crippen LogP contribution in [0.3, 0.4) is 0 Å². The molecule has 0 aromatic carbocycles. The van der Waals surface area contributed by atoms with Crippen LogP contribution in [0.4, 0.5) is 0 Å². The first-order valence-corrected chi connectivity index (χ1v) is 10.6. The van der Waals surface area contributed by atoms with Crippen molar-refractivity contribution in [3.8, 4) is 0 Å². The quantitative estimate of drug-likeness (QED) is 0.691. The van der Waals surface area contributed by atoms with Crippen molar-refractivity contribution < 1.29 is 10.4 Å². The molecule has 0 bridgehead atoms. The Kier molecular flexibility index (Phi) is 7.69. The van der Waals surface area contributed by atoms with Crippen molar-refractivity contribution in [3.05, 3.63) is 10.4 Å². The third-order valence-corrected chi connectivity index (χ3v) is 7.15. The van der Waals surface area contributed by atoms with E-state index in [1.54, 1.807) is 0 Å². The Morgan fingerprint density at radius 2 is 1.38 bits per heavy atom. The molecule has 2 saturated carbocycles. The fraction of sp³-hybridized carbons (Fsp3) is 1.00. The van der Waals surface area contributed by atoms with Crippen LogP contribution >= 0.6 is 0 Å². The molecular formula is C19H35N3O4-2. The predicted octanol–water partition coefficient (Wildman–Crippen LogP) is 3.58. The molecule has 152 valence electrons. The fourth-order valence-electron chi connectivity index (χ4n) is 5.50. The minimum atomic E-state index is -0.219. The monoisotopic (exact) mass is 369 g/mol. The lowest BCUT2D eigenvalue weighted by atomic mass is 9.78. The zero-order valence-corrected chi connectivity index (χ0v) is 15.8. The second-order valence-electron chi connectivity index (χ2n) is 8.87. The summed E-state index contributed by atoms with van der Waals surface area (Å²) in [7, 11) is 0. The maximum atomic E-state index is 11.4. The lowest BCUT2D eigenvalue weighted by Gasteiger charge is -2.43. The van der Waals surface area contributed by atoms with Crippen LogP contribution in [0.1, 0.15) is 70.6 Å². The molecule has 1 saturated heterocycles. The first-order chi connectivity index (χ1) is 12.5. The molecule has 3 aliphatic rings. The highest BCUT2D eigenvalue weighted by molar-refractivity contribution is 4.85. The van der Waals surface area contributed by atoms with Gasteiger partial charge < -0.3 is 25.7 Å². The summed E-state index contributed by atoms with van der Waals surface area (Å²) in [5, 5.41) is 41.2. The van der Waals surface area contributed by atoms with Crippen LogP contribution in [0.25, 0.3) is 0 Å². The first kappa shape index (κ1) is 20.5. The number of piperidine rings is 1. The second kappa shape index (κ2) is 9.78. The van der Waals surface area contributed by atoms with Gasteiger partial charge in [0.2, 0.25) is 0 Å². The maximum Gasteiger partial charge on any atom is 0.0257 e. The van der Waals surface area contributed by atoms with Crippen LogP contribution in [0, 0.1) is 28.2 Å². The summed E-state index contributed by atoms with van der Waals surface area (Å²) in [5.74, 6) is 1.77. The Labute approximate surface area is 157 Å². The lowest BCUT2D eigenvalue weighted by Crippen LogP contribution is -2.45. The Hall–Kier alpha value is -0.280. The van der Waals surface area contributed by atoms with Gasteiger partial charge in [-0.3, -0.25) is 10.5 Å². The van der Waals surface area contributed by atoms with Crippen molar-refractivity contribution in [2.45, 2.75) is 82.7 Å². The Bertz CT molecular complexity index is 408. The van der Waals surface area contributed by atoms with E-state index in [9.17, 15) is 15.6 Å². The zero-order chi connectivity index (χ0) is 18.5. The third-order valence-electron chi connectivity index (χ3n) is 7.15. The lowest BCUT2D eigenvalue weighted by molar-refractivity contribution is -0.110. The normalized spacial score (nSPS) is 35.3. The van der Waals surface area contributed by atoms with Gasteiger partial charge in [0.05, 0.1) is 0 Å². The molecule has 1 aliphatic heterocycles. The highest BCUT2D eigenvalue weighted by Gasteiger charge is 2.30. The number of nitrogens with zero attached hydrogens (tertiary/aromatic N) is 3. The van der Waals surface area contributed by atoms with Gasteiger partial charge in [0.25, 0.3) is 0 Å². The number of hydroxylamine groups is 4. The summed E-state index contributed by atoms with van der Waals surface area (Å²) in [6.45, 7) is 3.13. The van der Waals surface area contributed by atoms with Crippen molar-refractivity contribution in [1.82, 2.24) is 15.4 Å². The number of rotatable bonds is 6. The molecule has 2 unspecified atom stereocenters. The van der Waals surface area contributed by atoms with E-state index in [1.807, 2.05) is 0 Å². The highest BCUT2D eigenvalue weighted by Crippen LogP contribution is 2.35. The largest absolute Gasteiger partial charge is 0.762 e. The molecule has 2 N–H and O–H groups in total. The minimum absolute atomic E-state index is 0.155. The molecule has 7 heteroatoms. The first-order valence-electron chi connectivity index (χ1n) is 10.6. The van der Waals surface area contributed by atoms with E-state index in [0.29, 0.717) is 11.8 Å². The summed E-state index contributed by atoms with van der Waals surface area (Å²) >= 11 is 0. The minimum Gasteiger partial charge on any atom is -0.762 e. The van der Waals surface area contributed by atoms with Crippen molar-refractivity contribution in [3.63, 3.8) is 0 Å². The summed E-state index contributed by atoms with van der Waals surface area (Å²) in [6, 6.07) is -0.410. The standard InChI is InChI=1S/C19H35N3O4/c23-21(24)18-7-5-15(6-8-18)13-16-9-11-20(12-10-16)14-17-3-1-2-4-19(17)22(25)26/h15-19,23,25H,1-14H2/q-2. The van der Waals surface area contributed by atoms with Gasteiger partial charge in [0.1, 0.15) is 0 Å².